The molecule has 0 aliphatic heterocycles. The Labute approximate surface area is 299 Å². The van der Waals surface area contributed by atoms with Crippen LogP contribution in [0.1, 0.15) is 0 Å². The van der Waals surface area contributed by atoms with Crippen LogP contribution in [0, 0.1) is 0 Å². The van der Waals surface area contributed by atoms with Crippen LogP contribution >= 0.6 is 0 Å². The Morgan fingerprint density at radius 3 is 1.27 bits per heavy atom. The minimum absolute atomic E-state index is 1.10. The number of benzene rings is 9. The molecule has 0 amide bonds. The molecule has 0 saturated carbocycles. The molecule has 0 aliphatic carbocycles. The van der Waals surface area contributed by atoms with E-state index in [0.717, 1.165) is 17.1 Å². The van der Waals surface area contributed by atoms with Crippen LogP contribution in [0.5, 0.6) is 0 Å². The van der Waals surface area contributed by atoms with E-state index >= 15 is 0 Å². The van der Waals surface area contributed by atoms with E-state index in [4.69, 9.17) is 0 Å². The largest absolute Gasteiger partial charge is 0.309 e. The van der Waals surface area contributed by atoms with E-state index in [1.165, 1.54) is 66.1 Å². The van der Waals surface area contributed by atoms with E-state index in [0.29, 0.717) is 0 Å². The van der Waals surface area contributed by atoms with Crippen molar-refractivity contribution in [3.8, 4) is 44.5 Å². The molecule has 0 fully saturated rings. The Morgan fingerprint density at radius 1 is 0.255 bits per heavy atom. The van der Waals surface area contributed by atoms with E-state index in [9.17, 15) is 0 Å². The molecule has 9 aromatic carbocycles. The highest BCUT2D eigenvalue weighted by Crippen LogP contribution is 2.49. The molecule has 0 saturated heterocycles. The third-order valence-electron chi connectivity index (χ3n) is 9.87. The quantitative estimate of drug-likeness (QED) is 0.166. The molecule has 51 heavy (non-hydrogen) atoms. The van der Waals surface area contributed by atoms with Crippen LogP contribution < -0.4 is 4.90 Å². The second-order valence-corrected chi connectivity index (χ2v) is 12.9. The molecule has 0 radical (unpaired) electrons. The summed E-state index contributed by atoms with van der Waals surface area (Å²) in [7, 11) is 0. The van der Waals surface area contributed by atoms with Crippen LogP contribution in [0.3, 0.4) is 0 Å². The fourth-order valence-electron chi connectivity index (χ4n) is 7.49. The van der Waals surface area contributed by atoms with Gasteiger partial charge >= 0.3 is 0 Å². The molecular weight excluding hydrogens is 615 g/mol. The Bertz CT molecular complexity index is 2590. The first-order valence-electron chi connectivity index (χ1n) is 17.5. The number of nitrogens with zero attached hydrogens (tertiary/aromatic N) is 1. The molecule has 0 atom stereocenters. The summed E-state index contributed by atoms with van der Waals surface area (Å²) in [5, 5.41) is 4.83. The van der Waals surface area contributed by atoms with Crippen molar-refractivity contribution in [1.29, 1.82) is 0 Å². The maximum atomic E-state index is 2.47. The molecular formula is C50H35N. The van der Waals surface area contributed by atoms with Crippen LogP contribution in [-0.2, 0) is 0 Å². The normalized spacial score (nSPS) is 11.1. The maximum absolute atomic E-state index is 2.47. The number of fused-ring (bicyclic) bond motifs is 2. The van der Waals surface area contributed by atoms with E-state index in [-0.39, 0.29) is 0 Å². The Hall–Kier alpha value is -6.70. The molecule has 0 aliphatic rings. The van der Waals surface area contributed by atoms with Crippen molar-refractivity contribution >= 4 is 38.6 Å². The van der Waals surface area contributed by atoms with Gasteiger partial charge in [-0.1, -0.05) is 188 Å². The lowest BCUT2D eigenvalue weighted by Crippen LogP contribution is -2.12. The summed E-state index contributed by atoms with van der Waals surface area (Å²) in [6, 6.07) is 76.7. The molecule has 0 spiro atoms. The Morgan fingerprint density at radius 2 is 0.686 bits per heavy atom. The van der Waals surface area contributed by atoms with Crippen molar-refractivity contribution in [2.75, 3.05) is 4.90 Å². The predicted molar refractivity (Wildman–Crippen MR) is 218 cm³/mol. The van der Waals surface area contributed by atoms with Gasteiger partial charge in [0.15, 0.2) is 0 Å². The van der Waals surface area contributed by atoms with E-state index in [2.05, 4.69) is 217 Å². The molecule has 240 valence electrons. The van der Waals surface area contributed by atoms with Gasteiger partial charge in [0.05, 0.1) is 11.4 Å². The number of anilines is 3. The van der Waals surface area contributed by atoms with Gasteiger partial charge in [0.25, 0.3) is 0 Å². The fourth-order valence-corrected chi connectivity index (χ4v) is 7.49. The number of rotatable bonds is 7. The highest BCUT2D eigenvalue weighted by molar-refractivity contribution is 6.14. The zero-order chi connectivity index (χ0) is 34.0. The van der Waals surface area contributed by atoms with Crippen molar-refractivity contribution in [2.45, 2.75) is 0 Å². The molecule has 0 N–H and O–H groups in total. The summed E-state index contributed by atoms with van der Waals surface area (Å²) in [6.45, 7) is 0. The monoisotopic (exact) mass is 649 g/mol. The minimum atomic E-state index is 1.10. The zero-order valence-electron chi connectivity index (χ0n) is 28.2. The summed E-state index contributed by atoms with van der Waals surface area (Å²) in [6.07, 6.45) is 0. The molecule has 1 heteroatoms. The lowest BCUT2D eigenvalue weighted by molar-refractivity contribution is 1.31. The topological polar surface area (TPSA) is 3.24 Å². The van der Waals surface area contributed by atoms with Crippen LogP contribution in [0.25, 0.3) is 66.1 Å². The second-order valence-electron chi connectivity index (χ2n) is 12.9. The highest BCUT2D eigenvalue weighted by Gasteiger charge is 2.23. The first-order valence-corrected chi connectivity index (χ1v) is 17.5. The summed E-state index contributed by atoms with van der Waals surface area (Å²) in [5.74, 6) is 0. The summed E-state index contributed by atoms with van der Waals surface area (Å²) in [4.78, 5) is 2.47. The second kappa shape index (κ2) is 13.3. The lowest BCUT2D eigenvalue weighted by Gasteiger charge is -2.30. The maximum Gasteiger partial charge on any atom is 0.0546 e. The van der Waals surface area contributed by atoms with Crippen molar-refractivity contribution < 1.29 is 0 Å². The SMILES string of the molecule is c1ccc(-c2ccc(N(c3ccc(-c4ccccc4)c4ccccc34)c3cc(-c4ccccc4)c(-c4ccccc4)c4ccccc34)cc2)cc1. The van der Waals surface area contributed by atoms with Crippen molar-refractivity contribution in [2.24, 2.45) is 0 Å². The van der Waals surface area contributed by atoms with Gasteiger partial charge in [-0.3, -0.25) is 0 Å². The van der Waals surface area contributed by atoms with Gasteiger partial charge in [-0.2, -0.15) is 0 Å². The third-order valence-corrected chi connectivity index (χ3v) is 9.87. The van der Waals surface area contributed by atoms with Gasteiger partial charge < -0.3 is 4.90 Å². The van der Waals surface area contributed by atoms with Gasteiger partial charge in [0, 0.05) is 16.5 Å². The summed E-state index contributed by atoms with van der Waals surface area (Å²) >= 11 is 0. The van der Waals surface area contributed by atoms with Crippen molar-refractivity contribution in [1.82, 2.24) is 0 Å². The zero-order valence-corrected chi connectivity index (χ0v) is 28.2. The molecule has 9 rings (SSSR count). The van der Waals surface area contributed by atoms with E-state index in [1.807, 2.05) is 0 Å². The van der Waals surface area contributed by atoms with Crippen LogP contribution in [-0.4, -0.2) is 0 Å². The van der Waals surface area contributed by atoms with Gasteiger partial charge in [0.1, 0.15) is 0 Å². The molecule has 1 nitrogen and oxygen atoms in total. The minimum Gasteiger partial charge on any atom is -0.309 e. The lowest BCUT2D eigenvalue weighted by atomic mass is 9.88. The van der Waals surface area contributed by atoms with Gasteiger partial charge in [0.2, 0.25) is 0 Å². The van der Waals surface area contributed by atoms with E-state index < -0.39 is 0 Å². The van der Waals surface area contributed by atoms with Gasteiger partial charge in [-0.15, -0.1) is 0 Å². The molecule has 0 aromatic heterocycles. The Balaban J connectivity index is 1.36. The first-order chi connectivity index (χ1) is 25.3. The molecule has 0 unspecified atom stereocenters. The van der Waals surface area contributed by atoms with E-state index in [1.54, 1.807) is 0 Å². The van der Waals surface area contributed by atoms with Crippen molar-refractivity contribution in [3.63, 3.8) is 0 Å². The Kier molecular flexibility index (Phi) is 7.92. The summed E-state index contributed by atoms with van der Waals surface area (Å²) in [5.41, 5.74) is 13.0. The van der Waals surface area contributed by atoms with Gasteiger partial charge in [-0.25, -0.2) is 0 Å². The first kappa shape index (κ1) is 30.4. The summed E-state index contributed by atoms with van der Waals surface area (Å²) < 4.78 is 0. The van der Waals surface area contributed by atoms with Crippen LogP contribution in [0.4, 0.5) is 17.1 Å². The molecule has 0 heterocycles. The number of hydrogen-bond acceptors (Lipinski definition) is 1. The smallest absolute Gasteiger partial charge is 0.0546 e. The fraction of sp³-hybridized carbons (Fsp3) is 0. The van der Waals surface area contributed by atoms with Crippen LogP contribution in [0.15, 0.2) is 212 Å². The molecule has 0 bridgehead atoms. The van der Waals surface area contributed by atoms with Crippen LogP contribution in [0.2, 0.25) is 0 Å². The standard InChI is InChI=1S/C50H35N/c1-5-17-36(18-6-1)37-29-31-41(32-30-37)51(48-34-33-42(38-19-7-2-8-20-38)43-25-13-14-26-44(43)48)49-35-47(39-21-9-3-10-22-39)50(40-23-11-4-12-24-40)46-28-16-15-27-45(46)49/h1-35H. The predicted octanol–water partition coefficient (Wildman–Crippen LogP) is 14.1. The average molecular weight is 650 g/mol. The van der Waals surface area contributed by atoms with Crippen molar-refractivity contribution in [3.05, 3.63) is 212 Å². The average Bonchev–Trinajstić information content (AvgIpc) is 3.22. The van der Waals surface area contributed by atoms with Gasteiger partial charge in [-0.05, 0) is 79.5 Å². The highest BCUT2D eigenvalue weighted by atomic mass is 15.1. The molecule has 9 aromatic rings. The number of hydrogen-bond donors (Lipinski definition) is 0. The third kappa shape index (κ3) is 5.65.